The van der Waals surface area contributed by atoms with E-state index in [9.17, 15) is 4.79 Å². The van der Waals surface area contributed by atoms with Crippen molar-refractivity contribution < 1.29 is 9.53 Å². The van der Waals surface area contributed by atoms with Crippen molar-refractivity contribution in [3.8, 4) is 5.75 Å². The number of benzene rings is 2. The van der Waals surface area contributed by atoms with E-state index in [0.717, 1.165) is 42.4 Å². The predicted octanol–water partition coefficient (Wildman–Crippen LogP) is 3.95. The Bertz CT molecular complexity index is 836. The van der Waals surface area contributed by atoms with Crippen LogP contribution >= 0.6 is 24.0 Å². The van der Waals surface area contributed by atoms with E-state index in [1.165, 1.54) is 0 Å². The zero-order chi connectivity index (χ0) is 21.9. The molecule has 0 aliphatic heterocycles. The van der Waals surface area contributed by atoms with Gasteiger partial charge in [0.05, 0.1) is 6.61 Å². The summed E-state index contributed by atoms with van der Waals surface area (Å²) in [4.78, 5) is 18.0. The summed E-state index contributed by atoms with van der Waals surface area (Å²) in [5, 5.41) is 6.65. The predicted molar refractivity (Wildman–Crippen MR) is 139 cm³/mol. The Morgan fingerprint density at radius 2 is 1.77 bits per heavy atom. The number of nitrogens with zero attached hydrogens (tertiary/aromatic N) is 2. The number of guanidine groups is 1. The Morgan fingerprint density at radius 1 is 1.06 bits per heavy atom. The number of carbonyl (C=O) groups is 1. The van der Waals surface area contributed by atoms with Crippen molar-refractivity contribution in [2.75, 3.05) is 34.3 Å². The first-order valence-electron chi connectivity index (χ1n) is 10.4. The van der Waals surface area contributed by atoms with Crippen molar-refractivity contribution in [2.24, 2.45) is 10.9 Å². The molecule has 7 heteroatoms. The highest BCUT2D eigenvalue weighted by molar-refractivity contribution is 14.0. The van der Waals surface area contributed by atoms with Gasteiger partial charge in [0, 0.05) is 39.8 Å². The second kappa shape index (κ2) is 13.9. The Morgan fingerprint density at radius 3 is 2.39 bits per heavy atom. The first-order chi connectivity index (χ1) is 14.4. The summed E-state index contributed by atoms with van der Waals surface area (Å²) >= 11 is 0. The van der Waals surface area contributed by atoms with Crippen molar-refractivity contribution >= 4 is 35.8 Å². The zero-order valence-electron chi connectivity index (χ0n) is 19.1. The van der Waals surface area contributed by atoms with Crippen LogP contribution in [-0.4, -0.2) is 51.1 Å². The van der Waals surface area contributed by atoms with Crippen molar-refractivity contribution in [1.82, 2.24) is 15.5 Å². The molecule has 0 aromatic heterocycles. The van der Waals surface area contributed by atoms with Gasteiger partial charge in [-0.3, -0.25) is 9.79 Å². The summed E-state index contributed by atoms with van der Waals surface area (Å²) < 4.78 is 5.72. The summed E-state index contributed by atoms with van der Waals surface area (Å²) in [6.07, 6.45) is 0.803. The Kier molecular flexibility index (Phi) is 12.0. The summed E-state index contributed by atoms with van der Waals surface area (Å²) in [7, 11) is 5.28. The summed E-state index contributed by atoms with van der Waals surface area (Å²) in [5.74, 6) is 2.17. The largest absolute Gasteiger partial charge is 0.493 e. The molecule has 2 aromatic carbocycles. The minimum Gasteiger partial charge on any atom is -0.493 e. The fourth-order valence-electron chi connectivity index (χ4n) is 2.82. The normalized spacial score (nSPS) is 11.0. The second-order valence-corrected chi connectivity index (χ2v) is 7.85. The van der Waals surface area contributed by atoms with Gasteiger partial charge in [-0.15, -0.1) is 24.0 Å². The van der Waals surface area contributed by atoms with Gasteiger partial charge in [-0.1, -0.05) is 38.1 Å². The Labute approximate surface area is 203 Å². The van der Waals surface area contributed by atoms with E-state index in [-0.39, 0.29) is 29.9 Å². The molecule has 0 radical (unpaired) electrons. The quantitative estimate of drug-likeness (QED) is 0.289. The van der Waals surface area contributed by atoms with Gasteiger partial charge in [-0.2, -0.15) is 0 Å². The number of ether oxygens (including phenoxy) is 1. The van der Waals surface area contributed by atoms with E-state index in [1.807, 2.05) is 36.4 Å². The van der Waals surface area contributed by atoms with Crippen molar-refractivity contribution in [3.05, 3.63) is 65.2 Å². The monoisotopic (exact) mass is 538 g/mol. The van der Waals surface area contributed by atoms with E-state index in [4.69, 9.17) is 4.74 Å². The van der Waals surface area contributed by atoms with Crippen LogP contribution in [0.2, 0.25) is 0 Å². The zero-order valence-corrected chi connectivity index (χ0v) is 21.5. The summed E-state index contributed by atoms with van der Waals surface area (Å²) in [5.41, 5.74) is 2.98. The van der Waals surface area contributed by atoms with Crippen LogP contribution in [0.5, 0.6) is 5.75 Å². The van der Waals surface area contributed by atoms with Gasteiger partial charge < -0.3 is 20.3 Å². The Balaban J connectivity index is 0.00000480. The van der Waals surface area contributed by atoms with Crippen LogP contribution in [0, 0.1) is 5.92 Å². The molecule has 0 heterocycles. The molecule has 2 N–H and O–H groups in total. The number of hydrogen-bond donors (Lipinski definition) is 2. The number of aliphatic imine (C=N–C) groups is 1. The van der Waals surface area contributed by atoms with Crippen molar-refractivity contribution in [1.29, 1.82) is 0 Å². The van der Waals surface area contributed by atoms with Gasteiger partial charge in [0.2, 0.25) is 0 Å². The van der Waals surface area contributed by atoms with Gasteiger partial charge in [0.1, 0.15) is 5.75 Å². The standard InChI is InChI=1S/C24H34N4O2.HI/c1-18(2)17-30-22-11-9-20(10-12-22)16-27-24(25-3)26-14-13-19-7-6-8-21(15-19)23(29)28(4)5;/h6-12,15,18H,13-14,16-17H2,1-5H3,(H2,25,26,27);1H. The van der Waals surface area contributed by atoms with Gasteiger partial charge in [-0.25, -0.2) is 0 Å². The van der Waals surface area contributed by atoms with Crippen LogP contribution in [0.3, 0.4) is 0 Å². The fourth-order valence-corrected chi connectivity index (χ4v) is 2.82. The smallest absolute Gasteiger partial charge is 0.253 e. The maximum absolute atomic E-state index is 12.1. The molecule has 31 heavy (non-hydrogen) atoms. The fraction of sp³-hybridized carbons (Fsp3) is 0.417. The first kappa shape index (κ1) is 26.7. The van der Waals surface area contributed by atoms with E-state index in [1.54, 1.807) is 26.0 Å². The highest BCUT2D eigenvalue weighted by Gasteiger charge is 2.08. The third-order valence-corrected chi connectivity index (χ3v) is 4.48. The van der Waals surface area contributed by atoms with Gasteiger partial charge >= 0.3 is 0 Å². The third kappa shape index (κ3) is 9.59. The van der Waals surface area contributed by atoms with Crippen LogP contribution in [0.4, 0.5) is 0 Å². The van der Waals surface area contributed by atoms with Gasteiger partial charge in [0.15, 0.2) is 5.96 Å². The molecule has 0 unspecified atom stereocenters. The number of amides is 1. The molecular weight excluding hydrogens is 503 g/mol. The van der Waals surface area contributed by atoms with E-state index in [2.05, 4.69) is 41.6 Å². The second-order valence-electron chi connectivity index (χ2n) is 7.85. The Hall–Kier alpha value is -2.29. The molecule has 2 rings (SSSR count). The van der Waals surface area contributed by atoms with Crippen molar-refractivity contribution in [2.45, 2.75) is 26.8 Å². The first-order valence-corrected chi connectivity index (χ1v) is 10.4. The van der Waals surface area contributed by atoms with E-state index >= 15 is 0 Å². The average molecular weight is 538 g/mol. The lowest BCUT2D eigenvalue weighted by Gasteiger charge is -2.14. The van der Waals surface area contributed by atoms with Crippen LogP contribution in [0.15, 0.2) is 53.5 Å². The lowest BCUT2D eigenvalue weighted by molar-refractivity contribution is 0.0827. The van der Waals surface area contributed by atoms with Crippen LogP contribution in [0.25, 0.3) is 0 Å². The lowest BCUT2D eigenvalue weighted by atomic mass is 10.1. The van der Waals surface area contributed by atoms with Gasteiger partial charge in [-0.05, 0) is 47.7 Å². The van der Waals surface area contributed by atoms with Crippen LogP contribution in [-0.2, 0) is 13.0 Å². The molecule has 2 aromatic rings. The number of hydrogen-bond acceptors (Lipinski definition) is 3. The highest BCUT2D eigenvalue weighted by atomic mass is 127. The molecule has 0 saturated heterocycles. The number of carbonyl (C=O) groups excluding carboxylic acids is 1. The molecular formula is C24H35IN4O2. The molecule has 6 nitrogen and oxygen atoms in total. The van der Waals surface area contributed by atoms with Crippen molar-refractivity contribution in [3.63, 3.8) is 0 Å². The summed E-state index contributed by atoms with van der Waals surface area (Å²) in [6, 6.07) is 15.9. The topological polar surface area (TPSA) is 66.0 Å². The number of nitrogens with one attached hydrogen (secondary N) is 2. The molecule has 1 amide bonds. The molecule has 0 aliphatic rings. The van der Waals surface area contributed by atoms with Crippen LogP contribution < -0.4 is 15.4 Å². The number of rotatable bonds is 9. The molecule has 0 spiro atoms. The van der Waals surface area contributed by atoms with Crippen LogP contribution in [0.1, 0.15) is 35.3 Å². The molecule has 0 atom stereocenters. The van der Waals surface area contributed by atoms with E-state index < -0.39 is 0 Å². The van der Waals surface area contributed by atoms with E-state index in [0.29, 0.717) is 18.0 Å². The third-order valence-electron chi connectivity index (χ3n) is 4.48. The van der Waals surface area contributed by atoms with Gasteiger partial charge in [0.25, 0.3) is 5.91 Å². The SMILES string of the molecule is CN=C(NCCc1cccc(C(=O)N(C)C)c1)NCc1ccc(OCC(C)C)cc1.I. The minimum absolute atomic E-state index is 0. The molecule has 0 fully saturated rings. The molecule has 0 saturated carbocycles. The lowest BCUT2D eigenvalue weighted by Crippen LogP contribution is -2.37. The minimum atomic E-state index is 0. The maximum Gasteiger partial charge on any atom is 0.253 e. The summed E-state index contributed by atoms with van der Waals surface area (Å²) in [6.45, 7) is 6.40. The molecule has 0 bridgehead atoms. The average Bonchev–Trinajstić information content (AvgIpc) is 2.75. The molecule has 0 aliphatic carbocycles. The highest BCUT2D eigenvalue weighted by Crippen LogP contribution is 2.13. The maximum atomic E-state index is 12.1. The molecule has 170 valence electrons. The number of halogens is 1.